The quantitative estimate of drug-likeness (QED) is 0.638. The van der Waals surface area contributed by atoms with Crippen molar-refractivity contribution in [3.05, 3.63) is 89.2 Å². The Balaban J connectivity index is 1.86. The van der Waals surface area contributed by atoms with Gasteiger partial charge in [0.1, 0.15) is 22.9 Å². The van der Waals surface area contributed by atoms with Gasteiger partial charge in [-0.1, -0.05) is 6.07 Å². The van der Waals surface area contributed by atoms with Gasteiger partial charge in [0.05, 0.1) is 14.2 Å². The van der Waals surface area contributed by atoms with Gasteiger partial charge in [-0.2, -0.15) is 0 Å². The largest absolute Gasteiger partial charge is 0.497 e. The van der Waals surface area contributed by atoms with Crippen LogP contribution >= 0.6 is 0 Å². The fourth-order valence-corrected chi connectivity index (χ4v) is 2.47. The molecule has 5 heteroatoms. The van der Waals surface area contributed by atoms with E-state index in [-0.39, 0.29) is 23.0 Å². The molecule has 0 N–H and O–H groups in total. The highest BCUT2D eigenvalue weighted by atomic mass is 16.5. The van der Waals surface area contributed by atoms with Crippen molar-refractivity contribution in [3.8, 4) is 11.5 Å². The Bertz CT molecular complexity index is 856. The van der Waals surface area contributed by atoms with Crippen molar-refractivity contribution in [2.45, 2.75) is 0 Å². The topological polar surface area (TPSA) is 65.5 Å². The van der Waals surface area contributed by atoms with Crippen LogP contribution in [-0.4, -0.2) is 30.8 Å². The zero-order valence-electron chi connectivity index (χ0n) is 14.4. The van der Waals surface area contributed by atoms with Gasteiger partial charge >= 0.3 is 0 Å². The van der Waals surface area contributed by atoms with Gasteiger partial charge in [0.2, 0.25) is 11.6 Å². The zero-order valence-corrected chi connectivity index (χ0v) is 14.4. The lowest BCUT2D eigenvalue weighted by molar-refractivity contribution is 0.103. The number of rotatable bonds is 6. The highest BCUT2D eigenvalue weighted by Gasteiger charge is 2.15. The molecule has 1 aromatic heterocycles. The van der Waals surface area contributed by atoms with Crippen LogP contribution in [0.25, 0.3) is 0 Å². The van der Waals surface area contributed by atoms with E-state index < -0.39 is 0 Å². The lowest BCUT2D eigenvalue weighted by Crippen LogP contribution is -2.10. The molecule has 0 amide bonds. The van der Waals surface area contributed by atoms with Gasteiger partial charge in [-0.15, -0.1) is 0 Å². The first-order valence-corrected chi connectivity index (χ1v) is 7.97. The highest BCUT2D eigenvalue weighted by Crippen LogP contribution is 2.17. The maximum Gasteiger partial charge on any atom is 0.211 e. The van der Waals surface area contributed by atoms with Crippen molar-refractivity contribution in [2.24, 2.45) is 0 Å². The summed E-state index contributed by atoms with van der Waals surface area (Å²) in [5.41, 5.74) is 1.39. The summed E-state index contributed by atoms with van der Waals surface area (Å²) in [5.74, 6) is 0.824. The SMILES string of the molecule is COc1ccc(C(=O)c2cccc(C(=O)c3ccc(OC)cc3)n2)cc1. The number of methoxy groups -OCH3 is 2. The third-order valence-electron chi connectivity index (χ3n) is 3.92. The molecule has 1 heterocycles. The molecule has 3 aromatic rings. The van der Waals surface area contributed by atoms with Crippen LogP contribution in [0.15, 0.2) is 66.7 Å². The van der Waals surface area contributed by atoms with Crippen LogP contribution in [-0.2, 0) is 0 Å². The summed E-state index contributed by atoms with van der Waals surface area (Å²) in [4.78, 5) is 29.5. The smallest absolute Gasteiger partial charge is 0.211 e. The second kappa shape index (κ2) is 7.61. The summed E-state index contributed by atoms with van der Waals surface area (Å²) >= 11 is 0. The monoisotopic (exact) mass is 347 g/mol. The molecule has 0 saturated carbocycles. The van der Waals surface area contributed by atoms with Crippen molar-refractivity contribution < 1.29 is 19.1 Å². The molecule has 2 aromatic carbocycles. The molecule has 0 atom stereocenters. The molecule has 0 unspecified atom stereocenters. The number of hydrogen-bond donors (Lipinski definition) is 0. The van der Waals surface area contributed by atoms with E-state index in [1.54, 1.807) is 80.9 Å². The Morgan fingerprint density at radius 3 is 1.38 bits per heavy atom. The van der Waals surface area contributed by atoms with Crippen LogP contribution in [0.1, 0.15) is 32.1 Å². The Labute approximate surface area is 151 Å². The molecule has 26 heavy (non-hydrogen) atoms. The average molecular weight is 347 g/mol. The lowest BCUT2D eigenvalue weighted by Gasteiger charge is -2.06. The summed E-state index contributed by atoms with van der Waals surface area (Å²) in [6.07, 6.45) is 0. The minimum Gasteiger partial charge on any atom is -0.497 e. The highest BCUT2D eigenvalue weighted by molar-refractivity contribution is 6.10. The molecule has 130 valence electrons. The Hall–Kier alpha value is -3.47. The number of benzene rings is 2. The number of nitrogens with zero attached hydrogens (tertiary/aromatic N) is 1. The van der Waals surface area contributed by atoms with E-state index in [2.05, 4.69) is 4.98 Å². The molecule has 0 bridgehead atoms. The molecule has 0 saturated heterocycles. The summed E-state index contributed by atoms with van der Waals surface area (Å²) in [7, 11) is 3.12. The van der Waals surface area contributed by atoms with Crippen molar-refractivity contribution in [1.29, 1.82) is 0 Å². The van der Waals surface area contributed by atoms with E-state index in [0.29, 0.717) is 22.6 Å². The van der Waals surface area contributed by atoms with Crippen LogP contribution in [0.2, 0.25) is 0 Å². The van der Waals surface area contributed by atoms with Crippen LogP contribution in [0.3, 0.4) is 0 Å². The first-order chi connectivity index (χ1) is 12.6. The fourth-order valence-electron chi connectivity index (χ4n) is 2.47. The molecular weight excluding hydrogens is 330 g/mol. The van der Waals surface area contributed by atoms with Gasteiger partial charge in [-0.05, 0) is 60.7 Å². The Morgan fingerprint density at radius 2 is 1.04 bits per heavy atom. The van der Waals surface area contributed by atoms with E-state index in [0.717, 1.165) is 0 Å². The standard InChI is InChI=1S/C21H17NO4/c1-25-16-10-6-14(7-11-16)20(23)18-4-3-5-19(22-18)21(24)15-8-12-17(26-2)13-9-15/h3-13H,1-2H3. The summed E-state index contributed by atoms with van der Waals surface area (Å²) < 4.78 is 10.2. The summed E-state index contributed by atoms with van der Waals surface area (Å²) in [5, 5.41) is 0. The normalized spacial score (nSPS) is 10.2. The molecule has 0 aliphatic heterocycles. The van der Waals surface area contributed by atoms with Crippen LogP contribution in [0, 0.1) is 0 Å². The van der Waals surface area contributed by atoms with E-state index in [9.17, 15) is 9.59 Å². The van der Waals surface area contributed by atoms with Gasteiger partial charge in [0, 0.05) is 11.1 Å². The van der Waals surface area contributed by atoms with Crippen LogP contribution in [0.5, 0.6) is 11.5 Å². The van der Waals surface area contributed by atoms with E-state index in [1.807, 2.05) is 0 Å². The first kappa shape index (κ1) is 17.4. The third-order valence-corrected chi connectivity index (χ3v) is 3.92. The summed E-state index contributed by atoms with van der Waals surface area (Å²) in [6.45, 7) is 0. The van der Waals surface area contributed by atoms with Crippen molar-refractivity contribution in [1.82, 2.24) is 4.98 Å². The predicted octanol–water partition coefficient (Wildman–Crippen LogP) is 3.56. The second-order valence-corrected chi connectivity index (χ2v) is 5.52. The minimum absolute atomic E-state index is 0.217. The second-order valence-electron chi connectivity index (χ2n) is 5.52. The van der Waals surface area contributed by atoms with Gasteiger partial charge < -0.3 is 9.47 Å². The van der Waals surface area contributed by atoms with Crippen LogP contribution < -0.4 is 9.47 Å². The zero-order chi connectivity index (χ0) is 18.5. The number of hydrogen-bond acceptors (Lipinski definition) is 5. The van der Waals surface area contributed by atoms with E-state index in [1.165, 1.54) is 0 Å². The molecule has 3 rings (SSSR count). The molecule has 0 fully saturated rings. The number of aromatic nitrogens is 1. The lowest BCUT2D eigenvalue weighted by atomic mass is 10.0. The molecule has 0 aliphatic rings. The van der Waals surface area contributed by atoms with Gasteiger partial charge in [-0.25, -0.2) is 4.98 Å². The first-order valence-electron chi connectivity index (χ1n) is 7.97. The van der Waals surface area contributed by atoms with Gasteiger partial charge in [0.15, 0.2) is 0 Å². The number of ketones is 2. The molecule has 5 nitrogen and oxygen atoms in total. The number of carbonyl (C=O) groups is 2. The van der Waals surface area contributed by atoms with Crippen molar-refractivity contribution >= 4 is 11.6 Å². The maximum atomic E-state index is 12.6. The van der Waals surface area contributed by atoms with Gasteiger partial charge in [-0.3, -0.25) is 9.59 Å². The summed E-state index contributed by atoms with van der Waals surface area (Å²) in [6, 6.07) is 18.3. The van der Waals surface area contributed by atoms with Crippen molar-refractivity contribution in [2.75, 3.05) is 14.2 Å². The van der Waals surface area contributed by atoms with E-state index in [4.69, 9.17) is 9.47 Å². The molecule has 0 aliphatic carbocycles. The number of ether oxygens (including phenoxy) is 2. The van der Waals surface area contributed by atoms with Crippen molar-refractivity contribution in [3.63, 3.8) is 0 Å². The number of pyridine rings is 1. The number of carbonyl (C=O) groups excluding carboxylic acids is 2. The maximum absolute atomic E-state index is 12.6. The van der Waals surface area contributed by atoms with E-state index >= 15 is 0 Å². The Kier molecular flexibility index (Phi) is 5.08. The minimum atomic E-state index is -0.253. The fraction of sp³-hybridized carbons (Fsp3) is 0.0952. The average Bonchev–Trinajstić information content (AvgIpc) is 2.73. The Morgan fingerprint density at radius 1 is 0.654 bits per heavy atom. The molecule has 0 spiro atoms. The van der Waals surface area contributed by atoms with Crippen LogP contribution in [0.4, 0.5) is 0 Å². The molecule has 0 radical (unpaired) electrons. The van der Waals surface area contributed by atoms with Gasteiger partial charge in [0.25, 0.3) is 0 Å². The third kappa shape index (κ3) is 3.62. The predicted molar refractivity (Wildman–Crippen MR) is 97.1 cm³/mol. The molecular formula is C21H17NO4.